The number of carboxylic acids is 1. The number of aromatic nitrogens is 3. The molecule has 0 aromatic carbocycles. The highest BCUT2D eigenvalue weighted by molar-refractivity contribution is 8.00. The quantitative estimate of drug-likeness (QED) is 0.786. The van der Waals surface area contributed by atoms with E-state index in [0.29, 0.717) is 11.6 Å². The second-order valence-electron chi connectivity index (χ2n) is 4.20. The van der Waals surface area contributed by atoms with Crippen molar-refractivity contribution in [2.24, 2.45) is 0 Å². The van der Waals surface area contributed by atoms with E-state index >= 15 is 0 Å². The van der Waals surface area contributed by atoms with E-state index in [0.717, 1.165) is 33.6 Å². The molecule has 20 heavy (non-hydrogen) atoms. The molecule has 1 N–H and O–H groups in total. The van der Waals surface area contributed by atoms with Gasteiger partial charge >= 0.3 is 5.97 Å². The minimum absolute atomic E-state index is 0.0191. The summed E-state index contributed by atoms with van der Waals surface area (Å²) in [7, 11) is 0. The van der Waals surface area contributed by atoms with Crippen molar-refractivity contribution in [1.29, 1.82) is 0 Å². The van der Waals surface area contributed by atoms with Gasteiger partial charge in [-0.05, 0) is 13.3 Å². The normalized spacial score (nSPS) is 10.9. The molecule has 0 aliphatic heterocycles. The van der Waals surface area contributed by atoms with Crippen molar-refractivity contribution in [1.82, 2.24) is 15.1 Å². The van der Waals surface area contributed by atoms with Crippen molar-refractivity contribution in [3.63, 3.8) is 0 Å². The minimum atomic E-state index is -0.839. The average molecular weight is 313 g/mol. The maximum absolute atomic E-state index is 10.7. The summed E-state index contributed by atoms with van der Waals surface area (Å²) in [5.41, 5.74) is 0.775. The van der Waals surface area contributed by atoms with Crippen molar-refractivity contribution in [2.45, 2.75) is 43.2 Å². The SMILES string of the molecule is CCCc1noc(CSc2nc(C)c(CC(=O)O)s2)n1. The van der Waals surface area contributed by atoms with Crippen molar-refractivity contribution in [3.05, 3.63) is 22.3 Å². The fraction of sp³-hybridized carbons (Fsp3) is 0.500. The summed E-state index contributed by atoms with van der Waals surface area (Å²) in [4.78, 5) is 20.1. The summed E-state index contributed by atoms with van der Waals surface area (Å²) < 4.78 is 5.97. The summed E-state index contributed by atoms with van der Waals surface area (Å²) in [5.74, 6) is 1.02. The average Bonchev–Trinajstić information content (AvgIpc) is 2.95. The lowest BCUT2D eigenvalue weighted by molar-refractivity contribution is -0.136. The minimum Gasteiger partial charge on any atom is -0.481 e. The van der Waals surface area contributed by atoms with Gasteiger partial charge in [0.1, 0.15) is 0 Å². The predicted molar refractivity (Wildman–Crippen MR) is 76.0 cm³/mol. The van der Waals surface area contributed by atoms with E-state index in [2.05, 4.69) is 22.0 Å². The van der Waals surface area contributed by atoms with Gasteiger partial charge in [0.15, 0.2) is 10.2 Å². The van der Waals surface area contributed by atoms with Crippen molar-refractivity contribution < 1.29 is 14.4 Å². The third-order valence-electron chi connectivity index (χ3n) is 2.49. The molecular weight excluding hydrogens is 298 g/mol. The van der Waals surface area contributed by atoms with Crippen molar-refractivity contribution >= 4 is 29.1 Å². The molecule has 0 aliphatic carbocycles. The molecule has 0 bridgehead atoms. The Kier molecular flexibility index (Phi) is 5.13. The Hall–Kier alpha value is -1.41. The molecule has 0 atom stereocenters. The lowest BCUT2D eigenvalue weighted by Crippen LogP contribution is -1.99. The zero-order valence-electron chi connectivity index (χ0n) is 11.3. The predicted octanol–water partition coefficient (Wildman–Crippen LogP) is 2.71. The molecule has 2 rings (SSSR count). The van der Waals surface area contributed by atoms with E-state index in [-0.39, 0.29) is 6.42 Å². The van der Waals surface area contributed by atoms with Gasteiger partial charge in [0.25, 0.3) is 0 Å². The topological polar surface area (TPSA) is 89.1 Å². The number of rotatable bonds is 7. The summed E-state index contributed by atoms with van der Waals surface area (Å²) in [6.07, 6.45) is 1.81. The first-order chi connectivity index (χ1) is 9.58. The van der Waals surface area contributed by atoms with Crippen LogP contribution in [0.25, 0.3) is 0 Å². The summed E-state index contributed by atoms with van der Waals surface area (Å²) in [5, 5.41) is 12.7. The number of aryl methyl sites for hydroxylation is 2. The number of hydrogen-bond acceptors (Lipinski definition) is 7. The molecular formula is C12H15N3O3S2. The van der Waals surface area contributed by atoms with Gasteiger partial charge in [0.2, 0.25) is 5.89 Å². The van der Waals surface area contributed by atoms with Crippen LogP contribution in [0.1, 0.15) is 35.6 Å². The molecule has 0 saturated heterocycles. The Morgan fingerprint density at radius 1 is 1.45 bits per heavy atom. The van der Waals surface area contributed by atoms with E-state index in [9.17, 15) is 4.79 Å². The number of aliphatic carboxylic acids is 1. The highest BCUT2D eigenvalue weighted by Crippen LogP contribution is 2.29. The second kappa shape index (κ2) is 6.85. The number of carboxylic acid groups (broad SMARTS) is 1. The zero-order chi connectivity index (χ0) is 14.5. The van der Waals surface area contributed by atoms with Gasteiger partial charge in [0, 0.05) is 11.3 Å². The Morgan fingerprint density at radius 3 is 2.95 bits per heavy atom. The van der Waals surface area contributed by atoms with Crippen LogP contribution in [0.15, 0.2) is 8.86 Å². The molecule has 0 aliphatic rings. The Bertz CT molecular complexity index is 595. The number of carbonyl (C=O) groups is 1. The molecule has 0 radical (unpaired) electrons. The largest absolute Gasteiger partial charge is 0.481 e. The highest BCUT2D eigenvalue weighted by Gasteiger charge is 2.13. The van der Waals surface area contributed by atoms with Gasteiger partial charge in [-0.2, -0.15) is 4.98 Å². The molecule has 2 aromatic heterocycles. The van der Waals surface area contributed by atoms with Gasteiger partial charge in [-0.25, -0.2) is 4.98 Å². The van der Waals surface area contributed by atoms with Crippen LogP contribution in [0.2, 0.25) is 0 Å². The first kappa shape index (κ1) is 15.0. The van der Waals surface area contributed by atoms with Gasteiger partial charge < -0.3 is 9.63 Å². The molecule has 0 fully saturated rings. The van der Waals surface area contributed by atoms with Crippen LogP contribution in [0.3, 0.4) is 0 Å². The third kappa shape index (κ3) is 4.04. The molecule has 0 saturated carbocycles. The van der Waals surface area contributed by atoms with E-state index in [1.165, 1.54) is 23.1 Å². The molecule has 108 valence electrons. The van der Waals surface area contributed by atoms with Gasteiger partial charge in [-0.1, -0.05) is 23.8 Å². The van der Waals surface area contributed by atoms with Crippen molar-refractivity contribution in [3.8, 4) is 0 Å². The Labute approximate surface area is 124 Å². The second-order valence-corrected chi connectivity index (χ2v) is 6.51. The standard InChI is InChI=1S/C12H15N3O3S2/c1-3-4-9-14-10(18-15-9)6-19-12-13-7(2)8(20-12)5-11(16)17/h3-6H2,1-2H3,(H,16,17). The van der Waals surface area contributed by atoms with E-state index in [1.54, 1.807) is 0 Å². The highest BCUT2D eigenvalue weighted by atomic mass is 32.2. The Balaban J connectivity index is 1.94. The third-order valence-corrected chi connectivity index (χ3v) is 4.77. The summed E-state index contributed by atoms with van der Waals surface area (Å²) in [6.45, 7) is 3.89. The van der Waals surface area contributed by atoms with Crippen LogP contribution in [0.4, 0.5) is 0 Å². The van der Waals surface area contributed by atoms with Crippen LogP contribution in [-0.4, -0.2) is 26.2 Å². The smallest absolute Gasteiger partial charge is 0.308 e. The van der Waals surface area contributed by atoms with Crippen LogP contribution in [0, 0.1) is 6.92 Å². The Morgan fingerprint density at radius 2 is 2.25 bits per heavy atom. The van der Waals surface area contributed by atoms with Crippen LogP contribution >= 0.6 is 23.1 Å². The van der Waals surface area contributed by atoms with Crippen LogP contribution in [0.5, 0.6) is 0 Å². The van der Waals surface area contributed by atoms with Gasteiger partial charge in [-0.15, -0.1) is 11.3 Å². The van der Waals surface area contributed by atoms with E-state index < -0.39 is 5.97 Å². The first-order valence-electron chi connectivity index (χ1n) is 6.20. The molecule has 2 heterocycles. The maximum atomic E-state index is 10.7. The molecule has 0 amide bonds. The fourth-order valence-corrected chi connectivity index (χ4v) is 3.62. The molecule has 0 unspecified atom stereocenters. The van der Waals surface area contributed by atoms with E-state index in [1.807, 2.05) is 6.92 Å². The van der Waals surface area contributed by atoms with Crippen molar-refractivity contribution in [2.75, 3.05) is 0 Å². The van der Waals surface area contributed by atoms with Crippen LogP contribution in [-0.2, 0) is 23.4 Å². The lowest BCUT2D eigenvalue weighted by atomic mass is 10.3. The molecule has 2 aromatic rings. The van der Waals surface area contributed by atoms with Crippen LogP contribution < -0.4 is 0 Å². The molecule has 0 spiro atoms. The van der Waals surface area contributed by atoms with Gasteiger partial charge in [-0.3, -0.25) is 4.79 Å². The molecule has 6 nitrogen and oxygen atoms in total. The number of thiazole rings is 1. The number of thioether (sulfide) groups is 1. The number of hydrogen-bond donors (Lipinski definition) is 1. The van der Waals surface area contributed by atoms with Gasteiger partial charge in [0.05, 0.1) is 17.9 Å². The fourth-order valence-electron chi connectivity index (χ4n) is 1.56. The number of nitrogens with zero attached hydrogens (tertiary/aromatic N) is 3. The zero-order valence-corrected chi connectivity index (χ0v) is 12.9. The summed E-state index contributed by atoms with van der Waals surface area (Å²) in [6, 6.07) is 0. The summed E-state index contributed by atoms with van der Waals surface area (Å²) >= 11 is 2.89. The maximum Gasteiger partial charge on any atom is 0.308 e. The van der Waals surface area contributed by atoms with E-state index in [4.69, 9.17) is 9.63 Å². The molecule has 8 heteroatoms. The lowest BCUT2D eigenvalue weighted by Gasteiger charge is -1.91. The first-order valence-corrected chi connectivity index (χ1v) is 8.01. The monoisotopic (exact) mass is 313 g/mol.